The number of phenolic OH excluding ortho intramolecular Hbond substituents is 2. The molecule has 0 unspecified atom stereocenters. The Morgan fingerprint density at radius 1 is 0.653 bits per heavy atom. The van der Waals surface area contributed by atoms with E-state index in [1.807, 2.05) is 42.5 Å². The molecule has 4 aromatic rings. The van der Waals surface area contributed by atoms with Gasteiger partial charge in [-0.3, -0.25) is 10.8 Å². The fourth-order valence-electron chi connectivity index (χ4n) is 7.11. The highest BCUT2D eigenvalue weighted by Crippen LogP contribution is 2.43. The second kappa shape index (κ2) is 13.7. The Bertz CT molecular complexity index is 1870. The second-order valence-corrected chi connectivity index (χ2v) is 17.0. The summed E-state index contributed by atoms with van der Waals surface area (Å²) in [6.45, 7) is 22.3. The Balaban J connectivity index is 0.000000592. The van der Waals surface area contributed by atoms with Crippen LogP contribution in [0, 0.1) is 21.6 Å². The number of aromatic nitrogens is 3. The molecule has 5 rings (SSSR count). The molecule has 0 saturated carbocycles. The van der Waals surface area contributed by atoms with Gasteiger partial charge in [-0.1, -0.05) is 106 Å². The zero-order valence-corrected chi connectivity index (χ0v) is 30.9. The molecule has 8 heteroatoms. The summed E-state index contributed by atoms with van der Waals surface area (Å²) in [5.74, 6) is 0.154. The molecule has 1 aromatic heterocycles. The Morgan fingerprint density at radius 3 is 1.51 bits per heavy atom. The first-order valence-corrected chi connectivity index (χ1v) is 16.9. The summed E-state index contributed by atoms with van der Waals surface area (Å²) < 4.78 is 0. The van der Waals surface area contributed by atoms with Gasteiger partial charge < -0.3 is 15.9 Å². The normalized spacial score (nSPS) is 13.9. The monoisotopic (exact) mass is 662 g/mol. The van der Waals surface area contributed by atoms with E-state index in [9.17, 15) is 10.2 Å². The van der Waals surface area contributed by atoms with E-state index in [2.05, 4.69) is 85.5 Å². The van der Waals surface area contributed by atoms with Gasteiger partial charge in [-0.15, -0.1) is 15.0 Å². The van der Waals surface area contributed by atoms with E-state index in [0.717, 1.165) is 35.0 Å². The molecule has 0 aliphatic heterocycles. The van der Waals surface area contributed by atoms with Crippen molar-refractivity contribution in [2.75, 3.05) is 5.73 Å². The summed E-state index contributed by atoms with van der Waals surface area (Å²) >= 11 is 0. The Labute approximate surface area is 291 Å². The lowest BCUT2D eigenvalue weighted by atomic mass is 9.71. The molecule has 260 valence electrons. The SMILES string of the molecule is CC(C)(C)CC(C)(C)c1cc(N)c(O)c(Cc2cc(C(C)(C)CC(C)(C)C)cc(-n3nc4ccccc4n3)c2O)c1.N=C1C=CC=CC1=N. The van der Waals surface area contributed by atoms with Crippen LogP contribution in [-0.4, -0.2) is 36.6 Å². The van der Waals surface area contributed by atoms with Gasteiger partial charge >= 0.3 is 0 Å². The van der Waals surface area contributed by atoms with Crippen molar-refractivity contribution in [3.8, 4) is 17.2 Å². The summed E-state index contributed by atoms with van der Waals surface area (Å²) in [6.07, 6.45) is 8.90. The van der Waals surface area contributed by atoms with E-state index < -0.39 is 0 Å². The first-order chi connectivity index (χ1) is 22.6. The Kier molecular flexibility index (Phi) is 10.3. The third kappa shape index (κ3) is 9.25. The van der Waals surface area contributed by atoms with Gasteiger partial charge in [-0.2, -0.15) is 0 Å². The van der Waals surface area contributed by atoms with Gasteiger partial charge in [0.25, 0.3) is 0 Å². The number of hydrogen-bond donors (Lipinski definition) is 5. The number of nitrogens with zero attached hydrogens (tertiary/aromatic N) is 3. The third-order valence-electron chi connectivity index (χ3n) is 8.70. The Morgan fingerprint density at radius 2 is 1.08 bits per heavy atom. The molecule has 0 radical (unpaired) electrons. The predicted octanol–water partition coefficient (Wildman–Crippen LogP) is 9.58. The first kappa shape index (κ1) is 37.1. The highest BCUT2D eigenvalue weighted by Gasteiger charge is 2.31. The van der Waals surface area contributed by atoms with Crippen LogP contribution in [0.4, 0.5) is 5.69 Å². The molecule has 0 fully saturated rings. The fraction of sp³-hybridized carbons (Fsp3) is 0.415. The van der Waals surface area contributed by atoms with E-state index in [0.29, 0.717) is 28.9 Å². The van der Waals surface area contributed by atoms with Crippen LogP contribution >= 0.6 is 0 Å². The number of hydrogen-bond acceptors (Lipinski definition) is 7. The van der Waals surface area contributed by atoms with Gasteiger partial charge in [0, 0.05) is 17.5 Å². The van der Waals surface area contributed by atoms with E-state index in [1.54, 1.807) is 24.3 Å². The molecule has 0 saturated heterocycles. The molecule has 1 aliphatic rings. The van der Waals surface area contributed by atoms with Crippen LogP contribution in [0.2, 0.25) is 0 Å². The number of allylic oxidation sites excluding steroid dienone is 4. The van der Waals surface area contributed by atoms with Crippen molar-refractivity contribution < 1.29 is 10.2 Å². The van der Waals surface area contributed by atoms with Crippen LogP contribution in [0.15, 0.2) is 72.8 Å². The average molecular weight is 663 g/mol. The summed E-state index contributed by atoms with van der Waals surface area (Å²) in [6, 6.07) is 15.7. The lowest BCUT2D eigenvalue weighted by Gasteiger charge is -2.34. The second-order valence-electron chi connectivity index (χ2n) is 17.0. The molecule has 0 bridgehead atoms. The molecule has 1 aliphatic carbocycles. The number of phenols is 2. The smallest absolute Gasteiger partial charge is 0.146 e. The van der Waals surface area contributed by atoms with Gasteiger partial charge in [0.05, 0.1) is 17.1 Å². The van der Waals surface area contributed by atoms with E-state index in [4.69, 9.17) is 16.6 Å². The quantitative estimate of drug-likeness (QED) is 0.0760. The van der Waals surface area contributed by atoms with E-state index in [1.165, 1.54) is 4.80 Å². The topological polar surface area (TPSA) is 145 Å². The maximum absolute atomic E-state index is 11.7. The number of fused-ring (bicyclic) bond motifs is 1. The van der Waals surface area contributed by atoms with Gasteiger partial charge in [0.2, 0.25) is 0 Å². The highest BCUT2D eigenvalue weighted by atomic mass is 16.3. The molecule has 1 heterocycles. The van der Waals surface area contributed by atoms with Gasteiger partial charge in [-0.05, 0) is 82.0 Å². The van der Waals surface area contributed by atoms with Crippen molar-refractivity contribution in [3.63, 3.8) is 0 Å². The summed E-state index contributed by atoms with van der Waals surface area (Å²) in [5, 5.41) is 46.2. The minimum Gasteiger partial charge on any atom is -0.505 e. The van der Waals surface area contributed by atoms with Crippen molar-refractivity contribution in [2.24, 2.45) is 10.8 Å². The van der Waals surface area contributed by atoms with Crippen molar-refractivity contribution in [1.82, 2.24) is 15.0 Å². The number of anilines is 1. The molecule has 49 heavy (non-hydrogen) atoms. The van der Waals surface area contributed by atoms with Crippen LogP contribution < -0.4 is 5.73 Å². The zero-order valence-electron chi connectivity index (χ0n) is 30.9. The summed E-state index contributed by atoms with van der Waals surface area (Å²) in [4.78, 5) is 1.53. The van der Waals surface area contributed by atoms with Crippen molar-refractivity contribution in [1.29, 1.82) is 10.8 Å². The number of nitrogens with two attached hydrogens (primary N) is 1. The van der Waals surface area contributed by atoms with Crippen molar-refractivity contribution in [2.45, 2.75) is 99.3 Å². The molecule has 0 atom stereocenters. The summed E-state index contributed by atoms with van der Waals surface area (Å²) in [7, 11) is 0. The van der Waals surface area contributed by atoms with Crippen LogP contribution in [0.1, 0.15) is 104 Å². The van der Waals surface area contributed by atoms with Crippen LogP contribution in [0.25, 0.3) is 16.7 Å². The molecular weight excluding hydrogens is 608 g/mol. The number of aromatic hydroxyl groups is 2. The predicted molar refractivity (Wildman–Crippen MR) is 204 cm³/mol. The largest absolute Gasteiger partial charge is 0.505 e. The van der Waals surface area contributed by atoms with E-state index >= 15 is 0 Å². The lowest BCUT2D eigenvalue weighted by Crippen LogP contribution is -2.25. The third-order valence-corrected chi connectivity index (χ3v) is 8.70. The minimum absolute atomic E-state index is 0.0589. The first-order valence-electron chi connectivity index (χ1n) is 16.9. The number of benzene rings is 3. The maximum Gasteiger partial charge on any atom is 0.146 e. The molecule has 0 spiro atoms. The number of nitrogen functional groups attached to an aromatic ring is 1. The standard InChI is InChI=1S/C35H48N4O2.C6H6N2/c1-32(2,3)20-34(7,8)24-16-22(30(40)26(36)18-24)15-23-17-25(35(9,10)21-33(4,5)6)19-29(31(23)41)39-37-27-13-11-12-14-28(27)38-39;7-5-3-1-2-4-6(5)8/h11-14,16-19,40-41H,15,20-21,36H2,1-10H3;1-4,7-8H. The van der Waals surface area contributed by atoms with Crippen molar-refractivity contribution in [3.05, 3.63) is 95.1 Å². The molecular formula is C41H54N6O2. The summed E-state index contributed by atoms with van der Waals surface area (Å²) in [5.41, 5.74) is 12.7. The van der Waals surface area contributed by atoms with Crippen LogP contribution in [-0.2, 0) is 17.3 Å². The highest BCUT2D eigenvalue weighted by molar-refractivity contribution is 6.48. The number of rotatable bonds is 7. The van der Waals surface area contributed by atoms with Crippen LogP contribution in [0.5, 0.6) is 11.5 Å². The average Bonchev–Trinajstić information content (AvgIpc) is 3.40. The maximum atomic E-state index is 11.7. The minimum atomic E-state index is -0.195. The van der Waals surface area contributed by atoms with Gasteiger partial charge in [0.1, 0.15) is 28.2 Å². The fourth-order valence-corrected chi connectivity index (χ4v) is 7.11. The van der Waals surface area contributed by atoms with Gasteiger partial charge in [-0.25, -0.2) is 0 Å². The van der Waals surface area contributed by atoms with Gasteiger partial charge in [0.15, 0.2) is 0 Å². The Hall–Kier alpha value is -4.72. The van der Waals surface area contributed by atoms with Crippen LogP contribution in [0.3, 0.4) is 0 Å². The molecule has 0 amide bonds. The lowest BCUT2D eigenvalue weighted by molar-refractivity contribution is 0.283. The molecule has 8 nitrogen and oxygen atoms in total. The van der Waals surface area contributed by atoms with E-state index in [-0.39, 0.29) is 44.6 Å². The van der Waals surface area contributed by atoms with Crippen molar-refractivity contribution >= 4 is 28.1 Å². The molecule has 3 aromatic carbocycles. The zero-order chi connectivity index (χ0) is 36.5. The molecule has 6 N–H and O–H groups in total. The number of nitrogens with one attached hydrogen (secondary N) is 2.